The van der Waals surface area contributed by atoms with Crippen LogP contribution in [0.3, 0.4) is 0 Å². The van der Waals surface area contributed by atoms with Gasteiger partial charge in [0.2, 0.25) is 0 Å². The third-order valence-electron chi connectivity index (χ3n) is 4.22. The molecule has 2 aliphatic rings. The Labute approximate surface area is 120 Å². The van der Waals surface area contributed by atoms with Gasteiger partial charge in [-0.15, -0.1) is 0 Å². The summed E-state index contributed by atoms with van der Waals surface area (Å²) in [5.74, 6) is -0.772. The van der Waals surface area contributed by atoms with E-state index in [0.717, 1.165) is 17.7 Å². The molecule has 1 aliphatic carbocycles. The molecule has 0 atom stereocenters. The van der Waals surface area contributed by atoms with E-state index in [1.807, 2.05) is 0 Å². The number of furan rings is 1. The Bertz CT molecular complexity index is 627. The number of carbonyl (C=O) groups is 3. The number of aromatic carboxylic acids is 1. The number of amides is 3. The number of urea groups is 1. The van der Waals surface area contributed by atoms with Gasteiger partial charge in [0.1, 0.15) is 22.6 Å². The van der Waals surface area contributed by atoms with E-state index in [1.54, 1.807) is 0 Å². The van der Waals surface area contributed by atoms with Crippen molar-refractivity contribution in [2.45, 2.75) is 44.7 Å². The predicted octanol–water partition coefficient (Wildman–Crippen LogP) is 1.65. The SMILES string of the molecule is Cc1oc(CN2C(=O)NC3(CCCC3)C2=O)cc1C(=O)O. The van der Waals surface area contributed by atoms with Crippen LogP contribution in [-0.4, -0.2) is 33.5 Å². The molecule has 2 fully saturated rings. The molecule has 1 aromatic heterocycles. The number of hydrogen-bond acceptors (Lipinski definition) is 4. The second-order valence-corrected chi connectivity index (χ2v) is 5.60. The fourth-order valence-electron chi connectivity index (χ4n) is 3.13. The van der Waals surface area contributed by atoms with Crippen molar-refractivity contribution in [3.05, 3.63) is 23.2 Å². The van der Waals surface area contributed by atoms with Crippen LogP contribution in [0.25, 0.3) is 0 Å². The van der Waals surface area contributed by atoms with Gasteiger partial charge in [-0.1, -0.05) is 12.8 Å². The minimum Gasteiger partial charge on any atom is -0.478 e. The Morgan fingerprint density at radius 1 is 1.43 bits per heavy atom. The largest absolute Gasteiger partial charge is 0.478 e. The summed E-state index contributed by atoms with van der Waals surface area (Å²) < 4.78 is 5.33. The lowest BCUT2D eigenvalue weighted by molar-refractivity contribution is -0.131. The van der Waals surface area contributed by atoms with Crippen molar-refractivity contribution in [3.8, 4) is 0 Å². The normalized spacial score (nSPS) is 20.3. The highest BCUT2D eigenvalue weighted by molar-refractivity contribution is 6.07. The van der Waals surface area contributed by atoms with Crippen molar-refractivity contribution in [1.82, 2.24) is 10.2 Å². The standard InChI is InChI=1S/C14H16N2O5/c1-8-10(11(17)18)6-9(21-8)7-16-12(19)14(15-13(16)20)4-2-3-5-14/h6H,2-5,7H2,1H3,(H,15,20)(H,17,18). The first-order valence-corrected chi connectivity index (χ1v) is 6.90. The quantitative estimate of drug-likeness (QED) is 0.825. The van der Waals surface area contributed by atoms with Crippen LogP contribution < -0.4 is 5.32 Å². The lowest BCUT2D eigenvalue weighted by Crippen LogP contribution is -2.44. The van der Waals surface area contributed by atoms with Crippen LogP contribution in [-0.2, 0) is 11.3 Å². The number of carboxylic acid groups (broad SMARTS) is 1. The monoisotopic (exact) mass is 292 g/mol. The first-order chi connectivity index (χ1) is 9.93. The molecular formula is C14H16N2O5. The zero-order valence-corrected chi connectivity index (χ0v) is 11.6. The van der Waals surface area contributed by atoms with Crippen LogP contribution in [0.5, 0.6) is 0 Å². The van der Waals surface area contributed by atoms with E-state index in [1.165, 1.54) is 13.0 Å². The zero-order chi connectivity index (χ0) is 15.2. The second-order valence-electron chi connectivity index (χ2n) is 5.60. The molecular weight excluding hydrogens is 276 g/mol. The summed E-state index contributed by atoms with van der Waals surface area (Å²) in [6.07, 6.45) is 3.16. The van der Waals surface area contributed by atoms with Crippen LogP contribution in [0.2, 0.25) is 0 Å². The third-order valence-corrected chi connectivity index (χ3v) is 4.22. The minimum atomic E-state index is -1.09. The van der Waals surface area contributed by atoms with E-state index in [9.17, 15) is 14.4 Å². The maximum absolute atomic E-state index is 12.5. The van der Waals surface area contributed by atoms with Crippen LogP contribution in [0.4, 0.5) is 4.79 Å². The Morgan fingerprint density at radius 2 is 2.10 bits per heavy atom. The molecule has 1 spiro atoms. The molecule has 0 bridgehead atoms. The summed E-state index contributed by atoms with van der Waals surface area (Å²) in [4.78, 5) is 36.6. The van der Waals surface area contributed by atoms with E-state index in [2.05, 4.69) is 5.32 Å². The molecule has 7 heteroatoms. The first kappa shape index (κ1) is 13.7. The van der Waals surface area contributed by atoms with Gasteiger partial charge in [-0.2, -0.15) is 0 Å². The molecule has 0 unspecified atom stereocenters. The molecule has 3 rings (SSSR count). The van der Waals surface area contributed by atoms with Gasteiger partial charge in [0.15, 0.2) is 0 Å². The molecule has 1 aliphatic heterocycles. The number of aryl methyl sites for hydroxylation is 1. The fraction of sp³-hybridized carbons (Fsp3) is 0.500. The lowest BCUT2D eigenvalue weighted by atomic mass is 9.98. The topological polar surface area (TPSA) is 99.9 Å². The molecule has 112 valence electrons. The van der Waals surface area contributed by atoms with Gasteiger partial charge in [-0.3, -0.25) is 9.69 Å². The van der Waals surface area contributed by atoms with E-state index in [-0.39, 0.29) is 23.8 Å². The average molecular weight is 292 g/mol. The Kier molecular flexibility index (Phi) is 3.00. The number of nitrogens with one attached hydrogen (secondary N) is 1. The van der Waals surface area contributed by atoms with E-state index in [0.29, 0.717) is 18.6 Å². The molecule has 7 nitrogen and oxygen atoms in total. The summed E-state index contributed by atoms with van der Waals surface area (Å²) in [6.45, 7) is 1.50. The number of imide groups is 1. The van der Waals surface area contributed by atoms with E-state index < -0.39 is 17.5 Å². The molecule has 21 heavy (non-hydrogen) atoms. The van der Waals surface area contributed by atoms with Gasteiger partial charge in [0.25, 0.3) is 5.91 Å². The van der Waals surface area contributed by atoms with Gasteiger partial charge < -0.3 is 14.8 Å². The molecule has 0 aromatic carbocycles. The molecule has 1 saturated heterocycles. The number of nitrogens with zero attached hydrogens (tertiary/aromatic N) is 1. The van der Waals surface area contributed by atoms with Crippen molar-refractivity contribution in [1.29, 1.82) is 0 Å². The molecule has 2 heterocycles. The van der Waals surface area contributed by atoms with Crippen molar-refractivity contribution in [3.63, 3.8) is 0 Å². The number of carbonyl (C=O) groups excluding carboxylic acids is 2. The average Bonchev–Trinajstić information content (AvgIpc) is 3.07. The molecule has 1 saturated carbocycles. The summed E-state index contributed by atoms with van der Waals surface area (Å²) in [6, 6.07) is 0.922. The summed E-state index contributed by atoms with van der Waals surface area (Å²) >= 11 is 0. The highest BCUT2D eigenvalue weighted by atomic mass is 16.4. The van der Waals surface area contributed by atoms with E-state index >= 15 is 0 Å². The highest BCUT2D eigenvalue weighted by Crippen LogP contribution is 2.35. The van der Waals surface area contributed by atoms with Gasteiger partial charge in [-0.05, 0) is 25.8 Å². The molecule has 2 N–H and O–H groups in total. The van der Waals surface area contributed by atoms with Crippen molar-refractivity contribution >= 4 is 17.9 Å². The highest BCUT2D eigenvalue weighted by Gasteiger charge is 2.52. The van der Waals surface area contributed by atoms with Gasteiger partial charge >= 0.3 is 12.0 Å². The minimum absolute atomic E-state index is 0.0411. The number of hydrogen-bond donors (Lipinski definition) is 2. The maximum Gasteiger partial charge on any atom is 0.339 e. The summed E-state index contributed by atoms with van der Waals surface area (Å²) in [7, 11) is 0. The predicted molar refractivity (Wildman–Crippen MR) is 70.7 cm³/mol. The molecule has 3 amide bonds. The maximum atomic E-state index is 12.5. The van der Waals surface area contributed by atoms with Crippen molar-refractivity contribution < 1.29 is 23.9 Å². The molecule has 0 radical (unpaired) electrons. The van der Waals surface area contributed by atoms with Crippen LogP contribution in [0.15, 0.2) is 10.5 Å². The first-order valence-electron chi connectivity index (χ1n) is 6.90. The second kappa shape index (κ2) is 4.61. The van der Waals surface area contributed by atoms with Crippen LogP contribution in [0.1, 0.15) is 47.6 Å². The van der Waals surface area contributed by atoms with Gasteiger partial charge in [0.05, 0.1) is 6.54 Å². The Hall–Kier alpha value is -2.31. The lowest BCUT2D eigenvalue weighted by Gasteiger charge is -2.19. The van der Waals surface area contributed by atoms with E-state index in [4.69, 9.17) is 9.52 Å². The van der Waals surface area contributed by atoms with Crippen LogP contribution in [0, 0.1) is 6.92 Å². The number of carboxylic acids is 1. The van der Waals surface area contributed by atoms with Crippen LogP contribution >= 0.6 is 0 Å². The Balaban J connectivity index is 1.82. The summed E-state index contributed by atoms with van der Waals surface area (Å²) in [5, 5.41) is 11.8. The third kappa shape index (κ3) is 2.09. The van der Waals surface area contributed by atoms with Gasteiger partial charge in [-0.25, -0.2) is 9.59 Å². The fourth-order valence-corrected chi connectivity index (χ4v) is 3.13. The smallest absolute Gasteiger partial charge is 0.339 e. The van der Waals surface area contributed by atoms with Crippen molar-refractivity contribution in [2.24, 2.45) is 0 Å². The molecule has 1 aromatic rings. The Morgan fingerprint density at radius 3 is 2.67 bits per heavy atom. The van der Waals surface area contributed by atoms with Crippen molar-refractivity contribution in [2.75, 3.05) is 0 Å². The van der Waals surface area contributed by atoms with Gasteiger partial charge in [0, 0.05) is 0 Å². The zero-order valence-electron chi connectivity index (χ0n) is 11.6. The summed E-state index contributed by atoms with van der Waals surface area (Å²) in [5.41, 5.74) is -0.707. The number of rotatable bonds is 3.